The third kappa shape index (κ3) is 10.2. The first-order valence-corrected chi connectivity index (χ1v) is 11.7. The first-order chi connectivity index (χ1) is 12.3. The number of carbonyl (C=O) groups excluding carboxylic acids is 3. The first-order valence-electron chi connectivity index (χ1n) is 6.77. The van der Waals surface area contributed by atoms with Gasteiger partial charge in [-0.3, -0.25) is 14.4 Å². The minimum absolute atomic E-state index is 0.930. The number of hydrogen-bond donors (Lipinski definition) is 0. The lowest BCUT2D eigenvalue weighted by Crippen LogP contribution is -2.45. The van der Waals surface area contributed by atoms with E-state index in [9.17, 15) is 14.4 Å². The largest absolute Gasteiger partial charge is 0.453 e. The van der Waals surface area contributed by atoms with E-state index in [1.165, 1.54) is 0 Å². The van der Waals surface area contributed by atoms with Crippen LogP contribution in [0.3, 0.4) is 0 Å². The maximum atomic E-state index is 11.6. The molecule has 0 bridgehead atoms. The molecule has 0 unspecified atom stereocenters. The van der Waals surface area contributed by atoms with Crippen LogP contribution in [-0.4, -0.2) is 46.8 Å². The molecule has 0 aliphatic carbocycles. The number of rotatable bonds is 6. The van der Waals surface area contributed by atoms with Gasteiger partial charge in [0, 0.05) is 28.7 Å². The van der Waals surface area contributed by atoms with Crippen molar-refractivity contribution in [2.75, 3.05) is 0 Å². The second-order valence-electron chi connectivity index (χ2n) is 4.96. The molecule has 164 valence electrons. The standard InChI is InChI=1S/C12H12Cl9O6P/c1-4(22)25-7(10(13,14)15)28(8(11(16,17)18)26-5(2)23)9(12(19,20)21)27-6(3)24/h7-9H,1-3H3/t7-,8-,9-/m0/s1. The summed E-state index contributed by atoms with van der Waals surface area (Å²) < 4.78 is 7.99. The number of carbonyl (C=O) groups is 3. The van der Waals surface area contributed by atoms with Gasteiger partial charge in [-0.05, 0) is 0 Å². The monoisotopic (exact) mass is 598 g/mol. The molecular formula is C12H12Cl9O6P. The summed E-state index contributed by atoms with van der Waals surface area (Å²) in [6.07, 6.45) is 0. The van der Waals surface area contributed by atoms with Crippen LogP contribution in [0.5, 0.6) is 0 Å². The highest BCUT2D eigenvalue weighted by molar-refractivity contribution is 7.61. The van der Waals surface area contributed by atoms with E-state index in [1.54, 1.807) is 0 Å². The molecule has 0 aromatic rings. The van der Waals surface area contributed by atoms with Gasteiger partial charge in [0.2, 0.25) is 11.4 Å². The van der Waals surface area contributed by atoms with Crippen LogP contribution in [0.25, 0.3) is 0 Å². The fourth-order valence-electron chi connectivity index (χ4n) is 1.73. The molecule has 0 aliphatic heterocycles. The number of alkyl halides is 9. The van der Waals surface area contributed by atoms with Gasteiger partial charge in [0.25, 0.3) is 0 Å². The van der Waals surface area contributed by atoms with Crippen molar-refractivity contribution in [3.8, 4) is 0 Å². The van der Waals surface area contributed by atoms with Crippen molar-refractivity contribution >= 4 is 130 Å². The minimum Gasteiger partial charge on any atom is -0.453 e. The van der Waals surface area contributed by atoms with Gasteiger partial charge in [0.15, 0.2) is 17.5 Å². The lowest BCUT2D eigenvalue weighted by atomic mass is 10.7. The first kappa shape index (κ1) is 29.5. The Kier molecular flexibility index (Phi) is 11.9. The Hall–Kier alpha value is 1.45. The maximum Gasteiger partial charge on any atom is 0.303 e. The topological polar surface area (TPSA) is 78.9 Å². The average molecular weight is 602 g/mol. The van der Waals surface area contributed by atoms with E-state index in [4.69, 9.17) is 119 Å². The van der Waals surface area contributed by atoms with E-state index in [2.05, 4.69) is 0 Å². The van der Waals surface area contributed by atoms with E-state index in [0.717, 1.165) is 20.8 Å². The molecule has 0 saturated heterocycles. The Morgan fingerprint density at radius 2 is 0.750 bits per heavy atom. The molecule has 0 N–H and O–H groups in total. The van der Waals surface area contributed by atoms with Crippen molar-refractivity contribution in [1.29, 1.82) is 0 Å². The van der Waals surface area contributed by atoms with Crippen LogP contribution in [0.2, 0.25) is 0 Å². The van der Waals surface area contributed by atoms with Crippen LogP contribution in [0.1, 0.15) is 20.8 Å². The number of hydrogen-bond acceptors (Lipinski definition) is 6. The SMILES string of the molecule is CC(=O)O[C@@H](P([C@H](OC(C)=O)C(Cl)(Cl)Cl)[C@H](OC(C)=O)C(Cl)(Cl)Cl)C(Cl)(Cl)Cl. The Balaban J connectivity index is 6.79. The summed E-state index contributed by atoms with van der Waals surface area (Å²) in [7, 11) is -2.63. The van der Waals surface area contributed by atoms with Crippen LogP contribution >= 0.6 is 112 Å². The van der Waals surface area contributed by atoms with Crippen LogP contribution in [-0.2, 0) is 28.6 Å². The smallest absolute Gasteiger partial charge is 0.303 e. The molecule has 0 amide bonds. The summed E-state index contributed by atoms with van der Waals surface area (Å²) >= 11 is 53.4. The van der Waals surface area contributed by atoms with Crippen LogP contribution < -0.4 is 0 Å². The van der Waals surface area contributed by atoms with Crippen molar-refractivity contribution in [3.63, 3.8) is 0 Å². The molecule has 0 spiro atoms. The summed E-state index contributed by atoms with van der Waals surface area (Å²) in [5.74, 6) is -8.15. The Morgan fingerprint density at radius 3 is 0.857 bits per heavy atom. The van der Waals surface area contributed by atoms with Crippen molar-refractivity contribution in [2.24, 2.45) is 0 Å². The highest BCUT2D eigenvalue weighted by Gasteiger charge is 2.59. The zero-order chi connectivity index (χ0) is 22.7. The van der Waals surface area contributed by atoms with Gasteiger partial charge in [-0.2, -0.15) is 0 Å². The fraction of sp³-hybridized carbons (Fsp3) is 0.750. The molecule has 28 heavy (non-hydrogen) atoms. The van der Waals surface area contributed by atoms with Crippen molar-refractivity contribution in [3.05, 3.63) is 0 Å². The lowest BCUT2D eigenvalue weighted by Gasteiger charge is -2.43. The second kappa shape index (κ2) is 11.4. The molecule has 6 nitrogen and oxygen atoms in total. The van der Waals surface area contributed by atoms with Gasteiger partial charge in [-0.15, -0.1) is 0 Å². The molecule has 0 aromatic carbocycles. The predicted octanol–water partition coefficient (Wildman–Crippen LogP) is 6.25. The normalized spacial score (nSPS) is 16.2. The predicted molar refractivity (Wildman–Crippen MR) is 114 cm³/mol. The van der Waals surface area contributed by atoms with Gasteiger partial charge in [-0.1, -0.05) is 104 Å². The van der Waals surface area contributed by atoms with E-state index >= 15 is 0 Å². The van der Waals surface area contributed by atoms with Gasteiger partial charge in [-0.25, -0.2) is 0 Å². The minimum atomic E-state index is -2.63. The molecule has 0 radical (unpaired) electrons. The summed E-state index contributed by atoms with van der Waals surface area (Å²) in [5.41, 5.74) is 0. The third-order valence-electron chi connectivity index (χ3n) is 2.49. The highest BCUT2D eigenvalue weighted by Crippen LogP contribution is 2.67. The molecule has 0 fully saturated rings. The molecule has 0 heterocycles. The van der Waals surface area contributed by atoms with E-state index in [-0.39, 0.29) is 0 Å². The maximum absolute atomic E-state index is 11.6. The van der Waals surface area contributed by atoms with Gasteiger partial charge in [0.05, 0.1) is 0 Å². The second-order valence-corrected chi connectivity index (χ2v) is 14.4. The lowest BCUT2D eigenvalue weighted by molar-refractivity contribution is -0.144. The van der Waals surface area contributed by atoms with E-state index in [0.29, 0.717) is 0 Å². The zero-order valence-corrected chi connectivity index (χ0v) is 21.7. The van der Waals surface area contributed by atoms with E-state index < -0.39 is 54.7 Å². The summed E-state index contributed by atoms with van der Waals surface area (Å²) in [4.78, 5) is 34.8. The number of halogens is 9. The van der Waals surface area contributed by atoms with Crippen molar-refractivity contribution < 1.29 is 28.6 Å². The summed E-state index contributed by atoms with van der Waals surface area (Å²) in [6.45, 7) is 2.97. The summed E-state index contributed by atoms with van der Waals surface area (Å²) in [5, 5.41) is 0. The van der Waals surface area contributed by atoms with Gasteiger partial charge >= 0.3 is 17.9 Å². The molecule has 0 aromatic heterocycles. The molecule has 0 aliphatic rings. The molecule has 0 saturated carbocycles. The molecule has 3 atom stereocenters. The van der Waals surface area contributed by atoms with Crippen LogP contribution in [0, 0.1) is 0 Å². The molecular weight excluding hydrogens is 590 g/mol. The quantitative estimate of drug-likeness (QED) is 0.155. The molecule has 16 heteroatoms. The Bertz CT molecular complexity index is 505. The van der Waals surface area contributed by atoms with E-state index in [1.807, 2.05) is 0 Å². The number of esters is 3. The van der Waals surface area contributed by atoms with Crippen LogP contribution in [0.15, 0.2) is 0 Å². The average Bonchev–Trinajstić information content (AvgIpc) is 2.39. The Morgan fingerprint density at radius 1 is 0.571 bits per heavy atom. The fourth-order valence-corrected chi connectivity index (χ4v) is 7.74. The van der Waals surface area contributed by atoms with Gasteiger partial charge < -0.3 is 14.2 Å². The molecule has 0 rings (SSSR count). The Labute approximate surface area is 207 Å². The zero-order valence-electron chi connectivity index (χ0n) is 14.0. The van der Waals surface area contributed by atoms with Crippen LogP contribution in [0.4, 0.5) is 0 Å². The van der Waals surface area contributed by atoms with Gasteiger partial charge in [0.1, 0.15) is 0 Å². The third-order valence-corrected chi connectivity index (χ3v) is 8.74. The van der Waals surface area contributed by atoms with Crippen molar-refractivity contribution in [1.82, 2.24) is 0 Å². The van der Waals surface area contributed by atoms with Crippen molar-refractivity contribution in [2.45, 2.75) is 49.7 Å². The number of ether oxygens (including phenoxy) is 3. The highest BCUT2D eigenvalue weighted by atomic mass is 35.6. The summed E-state index contributed by atoms with van der Waals surface area (Å²) in [6, 6.07) is 0.